The molecule has 3 fully saturated rings. The molecule has 96 valence electrons. The molecule has 1 amide bonds. The predicted molar refractivity (Wildman–Crippen MR) is 66.7 cm³/mol. The molecule has 1 atom stereocenters. The van der Waals surface area contributed by atoms with Crippen LogP contribution < -0.4 is 5.32 Å². The molecule has 3 aliphatic heterocycles. The molecule has 1 N–H and O–H groups in total. The van der Waals surface area contributed by atoms with Crippen molar-refractivity contribution in [3.8, 4) is 0 Å². The van der Waals surface area contributed by atoms with Crippen LogP contribution in [0.2, 0.25) is 0 Å². The van der Waals surface area contributed by atoms with E-state index in [9.17, 15) is 4.79 Å². The lowest BCUT2D eigenvalue weighted by Gasteiger charge is -2.30. The third-order valence-electron chi connectivity index (χ3n) is 4.44. The van der Waals surface area contributed by atoms with E-state index in [4.69, 9.17) is 0 Å². The van der Waals surface area contributed by atoms with Crippen molar-refractivity contribution in [3.63, 3.8) is 0 Å². The molecule has 4 nitrogen and oxygen atoms in total. The lowest BCUT2D eigenvalue weighted by molar-refractivity contribution is -0.136. The van der Waals surface area contributed by atoms with E-state index in [2.05, 4.69) is 15.1 Å². The third kappa shape index (κ3) is 2.47. The summed E-state index contributed by atoms with van der Waals surface area (Å²) in [5.41, 5.74) is 0. The van der Waals surface area contributed by atoms with Gasteiger partial charge in [0.25, 0.3) is 0 Å². The van der Waals surface area contributed by atoms with Crippen LogP contribution in [0.5, 0.6) is 0 Å². The second-order valence-electron chi connectivity index (χ2n) is 5.80. The average molecular weight is 237 g/mol. The van der Waals surface area contributed by atoms with E-state index in [1.807, 2.05) is 0 Å². The molecule has 0 aromatic carbocycles. The Morgan fingerprint density at radius 1 is 1.18 bits per heavy atom. The molecule has 0 aromatic heterocycles. The number of amides is 1. The van der Waals surface area contributed by atoms with E-state index in [1.54, 1.807) is 0 Å². The van der Waals surface area contributed by atoms with Gasteiger partial charge in [-0.05, 0) is 38.3 Å². The van der Waals surface area contributed by atoms with E-state index in [1.165, 1.54) is 38.9 Å². The lowest BCUT2D eigenvalue weighted by atomic mass is 10.0. The summed E-state index contributed by atoms with van der Waals surface area (Å²) < 4.78 is 0. The SMILES string of the molecule is O=C(C1CNC1)N1CCC(CN2CCCC2)C1. The fourth-order valence-electron chi connectivity index (χ4n) is 3.23. The van der Waals surface area contributed by atoms with E-state index >= 15 is 0 Å². The first-order valence-electron chi connectivity index (χ1n) is 7.05. The van der Waals surface area contributed by atoms with E-state index in [0.717, 1.165) is 32.1 Å². The van der Waals surface area contributed by atoms with Gasteiger partial charge in [0.15, 0.2) is 0 Å². The third-order valence-corrected chi connectivity index (χ3v) is 4.44. The minimum Gasteiger partial charge on any atom is -0.342 e. The van der Waals surface area contributed by atoms with E-state index < -0.39 is 0 Å². The summed E-state index contributed by atoms with van der Waals surface area (Å²) in [5, 5.41) is 3.18. The smallest absolute Gasteiger partial charge is 0.228 e. The molecule has 4 heteroatoms. The number of hydrogen-bond donors (Lipinski definition) is 1. The van der Waals surface area contributed by atoms with Gasteiger partial charge in [-0.2, -0.15) is 0 Å². The van der Waals surface area contributed by atoms with Crippen molar-refractivity contribution >= 4 is 5.91 Å². The van der Waals surface area contributed by atoms with Crippen LogP contribution in [0.4, 0.5) is 0 Å². The van der Waals surface area contributed by atoms with Crippen molar-refractivity contribution in [3.05, 3.63) is 0 Å². The normalized spacial score (nSPS) is 30.8. The highest BCUT2D eigenvalue weighted by atomic mass is 16.2. The Morgan fingerprint density at radius 2 is 1.94 bits per heavy atom. The summed E-state index contributed by atoms with van der Waals surface area (Å²) in [6.45, 7) is 7.55. The summed E-state index contributed by atoms with van der Waals surface area (Å²) in [6, 6.07) is 0. The highest BCUT2D eigenvalue weighted by Crippen LogP contribution is 2.22. The molecule has 1 unspecified atom stereocenters. The van der Waals surface area contributed by atoms with Crippen LogP contribution in [0.3, 0.4) is 0 Å². The summed E-state index contributed by atoms with van der Waals surface area (Å²) in [7, 11) is 0. The molecule has 17 heavy (non-hydrogen) atoms. The maximum Gasteiger partial charge on any atom is 0.228 e. The Kier molecular flexibility index (Phi) is 3.34. The first-order valence-corrected chi connectivity index (χ1v) is 7.05. The van der Waals surface area contributed by atoms with Crippen molar-refractivity contribution in [1.29, 1.82) is 0 Å². The largest absolute Gasteiger partial charge is 0.342 e. The number of carbonyl (C=O) groups is 1. The van der Waals surface area contributed by atoms with Crippen LogP contribution in [-0.4, -0.2) is 61.5 Å². The van der Waals surface area contributed by atoms with Crippen molar-refractivity contribution in [2.45, 2.75) is 19.3 Å². The highest BCUT2D eigenvalue weighted by Gasteiger charge is 2.34. The summed E-state index contributed by atoms with van der Waals surface area (Å²) in [5.74, 6) is 1.40. The van der Waals surface area contributed by atoms with Gasteiger partial charge in [-0.1, -0.05) is 0 Å². The van der Waals surface area contributed by atoms with Crippen molar-refractivity contribution < 1.29 is 4.79 Å². The second-order valence-corrected chi connectivity index (χ2v) is 5.80. The van der Waals surface area contributed by atoms with Gasteiger partial charge in [-0.3, -0.25) is 4.79 Å². The van der Waals surface area contributed by atoms with Gasteiger partial charge in [-0.15, -0.1) is 0 Å². The van der Waals surface area contributed by atoms with Crippen molar-refractivity contribution in [2.24, 2.45) is 11.8 Å². The van der Waals surface area contributed by atoms with Crippen LogP contribution in [-0.2, 0) is 4.79 Å². The van der Waals surface area contributed by atoms with Gasteiger partial charge in [0.1, 0.15) is 0 Å². The van der Waals surface area contributed by atoms with Crippen LogP contribution in [0.25, 0.3) is 0 Å². The van der Waals surface area contributed by atoms with Gasteiger partial charge in [0, 0.05) is 32.7 Å². The first kappa shape index (κ1) is 11.5. The van der Waals surface area contributed by atoms with Crippen molar-refractivity contribution in [1.82, 2.24) is 15.1 Å². The topological polar surface area (TPSA) is 35.6 Å². The summed E-state index contributed by atoms with van der Waals surface area (Å²) in [4.78, 5) is 16.8. The molecular weight excluding hydrogens is 214 g/mol. The Balaban J connectivity index is 1.45. The van der Waals surface area contributed by atoms with Crippen LogP contribution in [0.1, 0.15) is 19.3 Å². The van der Waals surface area contributed by atoms with E-state index in [0.29, 0.717) is 5.91 Å². The molecule has 0 aliphatic carbocycles. The number of likely N-dealkylation sites (tertiary alicyclic amines) is 2. The molecule has 0 radical (unpaired) electrons. The van der Waals surface area contributed by atoms with Gasteiger partial charge < -0.3 is 15.1 Å². The number of nitrogens with zero attached hydrogens (tertiary/aromatic N) is 2. The van der Waals surface area contributed by atoms with Gasteiger partial charge >= 0.3 is 0 Å². The molecule has 3 rings (SSSR count). The lowest BCUT2D eigenvalue weighted by Crippen LogP contribution is -2.51. The molecule has 3 aliphatic rings. The number of nitrogens with one attached hydrogen (secondary N) is 1. The molecule has 0 bridgehead atoms. The van der Waals surface area contributed by atoms with Gasteiger partial charge in [-0.25, -0.2) is 0 Å². The van der Waals surface area contributed by atoms with Gasteiger partial charge in [0.2, 0.25) is 5.91 Å². The molecule has 0 spiro atoms. The zero-order chi connectivity index (χ0) is 11.7. The Bertz CT molecular complexity index is 284. The summed E-state index contributed by atoms with van der Waals surface area (Å²) >= 11 is 0. The monoisotopic (exact) mass is 237 g/mol. The fourth-order valence-corrected chi connectivity index (χ4v) is 3.23. The zero-order valence-electron chi connectivity index (χ0n) is 10.5. The molecule has 0 aromatic rings. The van der Waals surface area contributed by atoms with Crippen LogP contribution in [0.15, 0.2) is 0 Å². The maximum absolute atomic E-state index is 12.1. The minimum absolute atomic E-state index is 0.278. The number of hydrogen-bond acceptors (Lipinski definition) is 3. The number of rotatable bonds is 3. The van der Waals surface area contributed by atoms with Crippen LogP contribution in [0, 0.1) is 11.8 Å². The number of carbonyl (C=O) groups excluding carboxylic acids is 1. The minimum atomic E-state index is 0.278. The Labute approximate surface area is 103 Å². The quantitative estimate of drug-likeness (QED) is 0.759. The standard InChI is InChI=1S/C13H23N3O/c17-13(12-7-14-8-12)16-6-3-11(10-16)9-15-4-1-2-5-15/h11-12,14H,1-10H2. The highest BCUT2D eigenvalue weighted by molar-refractivity contribution is 5.80. The Hall–Kier alpha value is -0.610. The average Bonchev–Trinajstić information content (AvgIpc) is 2.86. The predicted octanol–water partition coefficient (Wildman–Crippen LogP) is 0.150. The van der Waals surface area contributed by atoms with Crippen LogP contribution >= 0.6 is 0 Å². The maximum atomic E-state index is 12.1. The Morgan fingerprint density at radius 3 is 2.59 bits per heavy atom. The fraction of sp³-hybridized carbons (Fsp3) is 0.923. The second kappa shape index (κ2) is 4.94. The van der Waals surface area contributed by atoms with E-state index in [-0.39, 0.29) is 5.92 Å². The molecule has 3 saturated heterocycles. The molecule has 0 saturated carbocycles. The van der Waals surface area contributed by atoms with Gasteiger partial charge in [0.05, 0.1) is 5.92 Å². The molecular formula is C13H23N3O. The molecule has 3 heterocycles. The zero-order valence-corrected chi connectivity index (χ0v) is 10.5. The van der Waals surface area contributed by atoms with Crippen molar-refractivity contribution in [2.75, 3.05) is 45.8 Å². The first-order chi connectivity index (χ1) is 8.33. The summed E-state index contributed by atoms with van der Waals surface area (Å²) in [6.07, 6.45) is 3.94.